The van der Waals surface area contributed by atoms with Gasteiger partial charge in [0.15, 0.2) is 0 Å². The summed E-state index contributed by atoms with van der Waals surface area (Å²) in [6.45, 7) is 5.04. The average molecular weight is 293 g/mol. The lowest BCUT2D eigenvalue weighted by molar-refractivity contribution is -0.151. The molecule has 0 saturated heterocycles. The highest BCUT2D eigenvalue weighted by Gasteiger charge is 2.38. The van der Waals surface area contributed by atoms with E-state index in [2.05, 4.69) is 17.4 Å². The van der Waals surface area contributed by atoms with E-state index in [9.17, 15) is 4.79 Å². The predicted molar refractivity (Wildman–Crippen MR) is 82.9 cm³/mol. The summed E-state index contributed by atoms with van der Waals surface area (Å²) in [5, 5.41) is 3.42. The van der Waals surface area contributed by atoms with Gasteiger partial charge in [0.1, 0.15) is 5.54 Å². The second kappa shape index (κ2) is 6.64. The molecule has 1 aromatic carbocycles. The van der Waals surface area contributed by atoms with Crippen molar-refractivity contribution in [3.8, 4) is 0 Å². The fourth-order valence-corrected chi connectivity index (χ4v) is 2.57. The van der Waals surface area contributed by atoms with Crippen molar-refractivity contribution in [3.63, 3.8) is 0 Å². The number of benzene rings is 1. The molecule has 0 amide bonds. The molecule has 1 saturated carbocycles. The van der Waals surface area contributed by atoms with Gasteiger partial charge in [-0.1, -0.05) is 12.1 Å². The summed E-state index contributed by atoms with van der Waals surface area (Å²) >= 11 is 1.70. The van der Waals surface area contributed by atoms with Crippen molar-refractivity contribution in [2.45, 2.75) is 37.1 Å². The van der Waals surface area contributed by atoms with Crippen LogP contribution in [0.15, 0.2) is 29.2 Å². The van der Waals surface area contributed by atoms with Gasteiger partial charge in [0.25, 0.3) is 0 Å². The number of carbonyl (C=O) groups is 1. The lowest BCUT2D eigenvalue weighted by atomic mass is 9.91. The number of ether oxygens (including phenoxy) is 1. The lowest BCUT2D eigenvalue weighted by Gasteiger charge is -2.29. The molecule has 1 aliphatic rings. The van der Waals surface area contributed by atoms with E-state index in [0.29, 0.717) is 12.5 Å². The number of nitrogens with one attached hydrogen (secondary N) is 1. The molecule has 1 fully saturated rings. The highest BCUT2D eigenvalue weighted by Crippen LogP contribution is 2.31. The number of thioether (sulfide) groups is 1. The van der Waals surface area contributed by atoms with Crippen molar-refractivity contribution in [2.24, 2.45) is 5.92 Å². The van der Waals surface area contributed by atoms with Gasteiger partial charge in [-0.05, 0) is 63.1 Å². The van der Waals surface area contributed by atoms with Gasteiger partial charge in [0, 0.05) is 4.90 Å². The van der Waals surface area contributed by atoms with Crippen LogP contribution >= 0.6 is 11.8 Å². The molecule has 0 aliphatic heterocycles. The third kappa shape index (κ3) is 3.55. The smallest absolute Gasteiger partial charge is 0.330 e. The largest absolute Gasteiger partial charge is 0.464 e. The molecular weight excluding hydrogens is 270 g/mol. The van der Waals surface area contributed by atoms with Crippen LogP contribution in [0.2, 0.25) is 0 Å². The Labute approximate surface area is 125 Å². The van der Waals surface area contributed by atoms with Crippen LogP contribution < -0.4 is 5.32 Å². The first-order valence-electron chi connectivity index (χ1n) is 7.17. The fourth-order valence-electron chi connectivity index (χ4n) is 2.16. The van der Waals surface area contributed by atoms with Crippen LogP contribution in [0.1, 0.15) is 32.3 Å². The monoisotopic (exact) mass is 293 g/mol. The van der Waals surface area contributed by atoms with Crippen LogP contribution in [0, 0.1) is 5.92 Å². The van der Waals surface area contributed by atoms with E-state index in [0.717, 1.165) is 12.1 Å². The highest BCUT2D eigenvalue weighted by molar-refractivity contribution is 7.98. The Kier molecular flexibility index (Phi) is 5.11. The van der Waals surface area contributed by atoms with Crippen LogP contribution in [0.25, 0.3) is 0 Å². The van der Waals surface area contributed by atoms with E-state index >= 15 is 0 Å². The van der Waals surface area contributed by atoms with Crippen molar-refractivity contribution < 1.29 is 9.53 Å². The molecule has 0 heterocycles. The molecule has 20 heavy (non-hydrogen) atoms. The molecule has 0 spiro atoms. The van der Waals surface area contributed by atoms with E-state index in [1.165, 1.54) is 17.7 Å². The lowest BCUT2D eigenvalue weighted by Crippen LogP contribution is -2.48. The summed E-state index contributed by atoms with van der Waals surface area (Å²) in [5.74, 6) is 0.520. The molecule has 3 nitrogen and oxygen atoms in total. The molecule has 1 atom stereocenters. The number of esters is 1. The van der Waals surface area contributed by atoms with E-state index < -0.39 is 5.54 Å². The van der Waals surface area contributed by atoms with Crippen LogP contribution in [-0.4, -0.2) is 25.4 Å². The highest BCUT2D eigenvalue weighted by atomic mass is 32.2. The van der Waals surface area contributed by atoms with Gasteiger partial charge < -0.3 is 4.74 Å². The van der Waals surface area contributed by atoms with Gasteiger partial charge in [0.2, 0.25) is 0 Å². The Bertz CT molecular complexity index is 456. The van der Waals surface area contributed by atoms with Crippen LogP contribution in [-0.2, 0) is 15.1 Å². The first kappa shape index (κ1) is 15.4. The average Bonchev–Trinajstić information content (AvgIpc) is 3.29. The SMILES string of the molecule is CCOC(=O)C(C)(NCC1CC1)c1ccc(SC)cc1. The standard InChI is InChI=1S/C16H23NO2S/c1-4-19-15(18)16(2,17-11-12-5-6-12)13-7-9-14(20-3)10-8-13/h7-10,12,17H,4-6,11H2,1-3H3. The number of hydrogen-bond acceptors (Lipinski definition) is 4. The van der Waals surface area contributed by atoms with Crippen molar-refractivity contribution in [2.75, 3.05) is 19.4 Å². The first-order chi connectivity index (χ1) is 9.60. The molecule has 1 N–H and O–H groups in total. The topological polar surface area (TPSA) is 38.3 Å². The van der Waals surface area contributed by atoms with Gasteiger partial charge in [0.05, 0.1) is 6.61 Å². The molecule has 4 heteroatoms. The van der Waals surface area contributed by atoms with Gasteiger partial charge in [-0.3, -0.25) is 5.32 Å². The van der Waals surface area contributed by atoms with Gasteiger partial charge in [-0.15, -0.1) is 11.8 Å². The van der Waals surface area contributed by atoms with Crippen molar-refractivity contribution in [3.05, 3.63) is 29.8 Å². The number of hydrogen-bond donors (Lipinski definition) is 1. The van der Waals surface area contributed by atoms with Crippen LogP contribution in [0.3, 0.4) is 0 Å². The second-order valence-corrected chi connectivity index (χ2v) is 6.28. The zero-order valence-electron chi connectivity index (χ0n) is 12.4. The van der Waals surface area contributed by atoms with E-state index in [4.69, 9.17) is 4.74 Å². The van der Waals surface area contributed by atoms with Gasteiger partial charge >= 0.3 is 5.97 Å². The molecular formula is C16H23NO2S. The van der Waals surface area contributed by atoms with Crippen molar-refractivity contribution >= 4 is 17.7 Å². The Hall–Kier alpha value is -1.00. The molecule has 1 aromatic rings. The summed E-state index contributed by atoms with van der Waals surface area (Å²) < 4.78 is 5.26. The molecule has 0 aromatic heterocycles. The summed E-state index contributed by atoms with van der Waals surface area (Å²) in [6.07, 6.45) is 4.57. The third-order valence-corrected chi connectivity index (χ3v) is 4.54. The summed E-state index contributed by atoms with van der Waals surface area (Å²) in [7, 11) is 0. The van der Waals surface area contributed by atoms with Gasteiger partial charge in [-0.2, -0.15) is 0 Å². The molecule has 0 bridgehead atoms. The van der Waals surface area contributed by atoms with Crippen molar-refractivity contribution in [1.82, 2.24) is 5.32 Å². The minimum atomic E-state index is -0.754. The predicted octanol–water partition coefficient (Wildman–Crippen LogP) is 3.19. The maximum atomic E-state index is 12.4. The quantitative estimate of drug-likeness (QED) is 0.619. The fraction of sp³-hybridized carbons (Fsp3) is 0.562. The van der Waals surface area contributed by atoms with Crippen LogP contribution in [0.4, 0.5) is 0 Å². The number of rotatable bonds is 7. The molecule has 110 valence electrons. The summed E-state index contributed by atoms with van der Waals surface area (Å²) in [4.78, 5) is 13.6. The van der Waals surface area contributed by atoms with E-state index in [1.54, 1.807) is 11.8 Å². The number of carbonyl (C=O) groups excluding carboxylic acids is 1. The van der Waals surface area contributed by atoms with E-state index in [1.807, 2.05) is 32.2 Å². The Morgan fingerprint density at radius 2 is 2.05 bits per heavy atom. The maximum absolute atomic E-state index is 12.4. The maximum Gasteiger partial charge on any atom is 0.330 e. The van der Waals surface area contributed by atoms with E-state index in [-0.39, 0.29) is 5.97 Å². The minimum Gasteiger partial charge on any atom is -0.464 e. The van der Waals surface area contributed by atoms with Gasteiger partial charge in [-0.25, -0.2) is 4.79 Å². The molecule has 2 rings (SSSR count). The first-order valence-corrected chi connectivity index (χ1v) is 8.39. The van der Waals surface area contributed by atoms with Crippen molar-refractivity contribution in [1.29, 1.82) is 0 Å². The zero-order valence-corrected chi connectivity index (χ0v) is 13.3. The second-order valence-electron chi connectivity index (χ2n) is 5.40. The summed E-state index contributed by atoms with van der Waals surface area (Å²) in [5.41, 5.74) is 0.213. The Morgan fingerprint density at radius 3 is 2.55 bits per heavy atom. The Balaban J connectivity index is 2.19. The zero-order chi connectivity index (χ0) is 14.6. The third-order valence-electron chi connectivity index (χ3n) is 3.79. The summed E-state index contributed by atoms with van der Waals surface area (Å²) in [6, 6.07) is 8.14. The van der Waals surface area contributed by atoms with Crippen LogP contribution in [0.5, 0.6) is 0 Å². The Morgan fingerprint density at radius 1 is 1.40 bits per heavy atom. The minimum absolute atomic E-state index is 0.197. The molecule has 1 unspecified atom stereocenters. The normalized spacial score (nSPS) is 17.6. The molecule has 1 aliphatic carbocycles. The molecule has 0 radical (unpaired) electrons.